The highest BCUT2D eigenvalue weighted by Crippen LogP contribution is 2.25. The maximum atomic E-state index is 14.9. The van der Waals surface area contributed by atoms with Gasteiger partial charge in [0, 0.05) is 18.8 Å². The van der Waals surface area contributed by atoms with E-state index in [-0.39, 0.29) is 30.2 Å². The Hall–Kier alpha value is -4.08. The molecule has 162 valence electrons. The first-order chi connectivity index (χ1) is 15.4. The number of fused-ring (bicyclic) bond motifs is 4. The number of hydrogen-bond donors (Lipinski definition) is 1. The molecule has 0 aliphatic rings. The van der Waals surface area contributed by atoms with Crippen LogP contribution in [0.2, 0.25) is 0 Å². The average molecular weight is 435 g/mol. The molecule has 4 heterocycles. The number of aryl methyl sites for hydroxylation is 1. The van der Waals surface area contributed by atoms with Gasteiger partial charge >= 0.3 is 0 Å². The third-order valence-electron chi connectivity index (χ3n) is 5.54. The van der Waals surface area contributed by atoms with E-state index in [1.807, 2.05) is 0 Å². The SMILES string of the molecule is CCN(Cc1nc2ccccn2c1F)C(=O)c1cc2c(cc1F)nc(N)c1c(C)ncn12. The highest BCUT2D eigenvalue weighted by molar-refractivity contribution is 5.98. The van der Waals surface area contributed by atoms with Crippen molar-refractivity contribution in [2.45, 2.75) is 20.4 Å². The van der Waals surface area contributed by atoms with E-state index in [2.05, 4.69) is 15.0 Å². The zero-order valence-electron chi connectivity index (χ0n) is 17.4. The van der Waals surface area contributed by atoms with Gasteiger partial charge in [-0.25, -0.2) is 19.3 Å². The number of carbonyl (C=O) groups excluding carboxylic acids is 1. The van der Waals surface area contributed by atoms with E-state index >= 15 is 0 Å². The molecule has 0 aliphatic heterocycles. The molecule has 0 fully saturated rings. The van der Waals surface area contributed by atoms with Crippen LogP contribution in [0.25, 0.3) is 22.2 Å². The van der Waals surface area contributed by atoms with Gasteiger partial charge in [0.05, 0.1) is 28.8 Å². The summed E-state index contributed by atoms with van der Waals surface area (Å²) in [6.07, 6.45) is 3.11. The number of carbonyl (C=O) groups is 1. The van der Waals surface area contributed by atoms with Crippen molar-refractivity contribution < 1.29 is 13.6 Å². The number of nitrogens with zero attached hydrogens (tertiary/aromatic N) is 6. The zero-order chi connectivity index (χ0) is 22.6. The van der Waals surface area contributed by atoms with Gasteiger partial charge in [-0.15, -0.1) is 0 Å². The molecule has 32 heavy (non-hydrogen) atoms. The lowest BCUT2D eigenvalue weighted by Gasteiger charge is -2.20. The van der Waals surface area contributed by atoms with Crippen molar-refractivity contribution in [2.75, 3.05) is 12.3 Å². The van der Waals surface area contributed by atoms with Gasteiger partial charge in [-0.2, -0.15) is 4.39 Å². The molecule has 1 amide bonds. The molecule has 0 spiro atoms. The van der Waals surface area contributed by atoms with E-state index in [1.54, 1.807) is 49.0 Å². The Morgan fingerprint density at radius 2 is 2.00 bits per heavy atom. The summed E-state index contributed by atoms with van der Waals surface area (Å²) >= 11 is 0. The second-order valence-electron chi connectivity index (χ2n) is 7.46. The minimum absolute atomic E-state index is 0.0973. The van der Waals surface area contributed by atoms with Crippen LogP contribution in [0.3, 0.4) is 0 Å². The number of hydrogen-bond acceptors (Lipinski definition) is 5. The Bertz CT molecular complexity index is 1520. The maximum Gasteiger partial charge on any atom is 0.257 e. The summed E-state index contributed by atoms with van der Waals surface area (Å²) in [6.45, 7) is 3.67. The monoisotopic (exact) mass is 435 g/mol. The van der Waals surface area contributed by atoms with Crippen molar-refractivity contribution in [1.82, 2.24) is 28.7 Å². The standard InChI is InChI=1S/C22H19F2N7O/c1-3-29(10-16-20(24)30-7-5-4-6-18(30)27-16)22(32)13-8-17-15(9-14(13)23)28-21(25)19-12(2)26-11-31(17)19/h4-9,11H,3,10H2,1-2H3,(H2,25,28). The van der Waals surface area contributed by atoms with Crippen molar-refractivity contribution in [3.63, 3.8) is 0 Å². The molecule has 2 N–H and O–H groups in total. The summed E-state index contributed by atoms with van der Waals surface area (Å²) in [4.78, 5) is 27.3. The van der Waals surface area contributed by atoms with Crippen LogP contribution >= 0.6 is 0 Å². The first-order valence-electron chi connectivity index (χ1n) is 10.0. The number of nitrogen functional groups attached to an aromatic ring is 1. The fraction of sp³-hybridized carbons (Fsp3) is 0.182. The molecule has 5 aromatic rings. The predicted molar refractivity (Wildman–Crippen MR) is 115 cm³/mol. The molecule has 0 aliphatic carbocycles. The van der Waals surface area contributed by atoms with Crippen molar-refractivity contribution >= 4 is 33.9 Å². The third-order valence-corrected chi connectivity index (χ3v) is 5.54. The molecule has 5 rings (SSSR count). The largest absolute Gasteiger partial charge is 0.382 e. The lowest BCUT2D eigenvalue weighted by atomic mass is 10.1. The zero-order valence-corrected chi connectivity index (χ0v) is 17.4. The smallest absolute Gasteiger partial charge is 0.257 e. The molecule has 4 aromatic heterocycles. The molecule has 0 saturated carbocycles. The number of amides is 1. The fourth-order valence-corrected chi connectivity index (χ4v) is 3.90. The summed E-state index contributed by atoms with van der Waals surface area (Å²) in [5.74, 6) is -1.64. The van der Waals surface area contributed by atoms with Crippen LogP contribution in [0.1, 0.15) is 28.7 Å². The highest BCUT2D eigenvalue weighted by atomic mass is 19.1. The van der Waals surface area contributed by atoms with Gasteiger partial charge < -0.3 is 10.6 Å². The lowest BCUT2D eigenvalue weighted by molar-refractivity contribution is 0.0744. The molecule has 1 aromatic carbocycles. The molecule has 0 saturated heterocycles. The summed E-state index contributed by atoms with van der Waals surface area (Å²) in [7, 11) is 0. The summed E-state index contributed by atoms with van der Waals surface area (Å²) in [6, 6.07) is 7.71. The topological polar surface area (TPSA) is 93.8 Å². The number of rotatable bonds is 4. The number of benzene rings is 1. The third kappa shape index (κ3) is 2.95. The van der Waals surface area contributed by atoms with Gasteiger partial charge in [-0.3, -0.25) is 13.6 Å². The molecule has 0 bridgehead atoms. The Morgan fingerprint density at radius 1 is 1.19 bits per heavy atom. The van der Waals surface area contributed by atoms with Crippen LogP contribution < -0.4 is 5.73 Å². The number of nitrogens with two attached hydrogens (primary N) is 1. The van der Waals surface area contributed by atoms with E-state index in [1.165, 1.54) is 21.4 Å². The maximum absolute atomic E-state index is 14.9. The molecule has 0 radical (unpaired) electrons. The number of halogens is 2. The first-order valence-corrected chi connectivity index (χ1v) is 10.0. The fourth-order valence-electron chi connectivity index (χ4n) is 3.90. The number of anilines is 1. The first kappa shape index (κ1) is 19.9. The minimum Gasteiger partial charge on any atom is -0.382 e. The normalized spacial score (nSPS) is 11.6. The van der Waals surface area contributed by atoms with Gasteiger partial charge in [-0.05, 0) is 32.0 Å². The molecule has 8 nitrogen and oxygen atoms in total. The quantitative estimate of drug-likeness (QED) is 0.467. The summed E-state index contributed by atoms with van der Waals surface area (Å²) in [5, 5.41) is 0. The minimum atomic E-state index is -0.737. The van der Waals surface area contributed by atoms with Crippen LogP contribution in [0.5, 0.6) is 0 Å². The molecular weight excluding hydrogens is 416 g/mol. The van der Waals surface area contributed by atoms with E-state index in [0.717, 1.165) is 0 Å². The lowest BCUT2D eigenvalue weighted by Crippen LogP contribution is -2.31. The van der Waals surface area contributed by atoms with Gasteiger partial charge in [-0.1, -0.05) is 6.07 Å². The number of imidazole rings is 2. The van der Waals surface area contributed by atoms with Gasteiger partial charge in [0.15, 0.2) is 0 Å². The summed E-state index contributed by atoms with van der Waals surface area (Å²) < 4.78 is 32.7. The molecule has 10 heteroatoms. The molecule has 0 atom stereocenters. The van der Waals surface area contributed by atoms with E-state index < -0.39 is 17.7 Å². The van der Waals surface area contributed by atoms with Crippen LogP contribution in [0.4, 0.5) is 14.6 Å². The Morgan fingerprint density at radius 3 is 2.75 bits per heavy atom. The van der Waals surface area contributed by atoms with Crippen molar-refractivity contribution in [1.29, 1.82) is 0 Å². The Balaban J connectivity index is 1.57. The molecular formula is C22H19F2N7O. The van der Waals surface area contributed by atoms with Crippen LogP contribution in [-0.4, -0.2) is 41.1 Å². The van der Waals surface area contributed by atoms with Crippen LogP contribution in [-0.2, 0) is 6.54 Å². The summed E-state index contributed by atoms with van der Waals surface area (Å²) in [5.41, 5.74) is 8.46. The van der Waals surface area contributed by atoms with Crippen LogP contribution in [0.15, 0.2) is 42.9 Å². The Kier molecular flexibility index (Phi) is 4.50. The van der Waals surface area contributed by atoms with Crippen molar-refractivity contribution in [2.24, 2.45) is 0 Å². The van der Waals surface area contributed by atoms with Gasteiger partial charge in [0.1, 0.15) is 34.8 Å². The second-order valence-corrected chi connectivity index (χ2v) is 7.46. The predicted octanol–water partition coefficient (Wildman–Crippen LogP) is 3.36. The van der Waals surface area contributed by atoms with Crippen molar-refractivity contribution in [3.05, 3.63) is 71.6 Å². The van der Waals surface area contributed by atoms with E-state index in [9.17, 15) is 13.6 Å². The Labute approximate surface area is 180 Å². The van der Waals surface area contributed by atoms with Gasteiger partial charge in [0.2, 0.25) is 5.95 Å². The number of pyridine rings is 1. The van der Waals surface area contributed by atoms with E-state index in [4.69, 9.17) is 5.73 Å². The number of aromatic nitrogens is 5. The second kappa shape index (κ2) is 7.26. The average Bonchev–Trinajstić information content (AvgIpc) is 3.32. The molecule has 0 unspecified atom stereocenters. The van der Waals surface area contributed by atoms with Gasteiger partial charge in [0.25, 0.3) is 5.91 Å². The highest BCUT2D eigenvalue weighted by Gasteiger charge is 2.23. The van der Waals surface area contributed by atoms with Crippen molar-refractivity contribution in [3.8, 4) is 0 Å². The van der Waals surface area contributed by atoms with E-state index in [0.29, 0.717) is 27.9 Å². The van der Waals surface area contributed by atoms with Crippen LogP contribution in [0, 0.1) is 18.7 Å².